The summed E-state index contributed by atoms with van der Waals surface area (Å²) < 4.78 is 10.9. The summed E-state index contributed by atoms with van der Waals surface area (Å²) in [7, 11) is 0. The van der Waals surface area contributed by atoms with Crippen molar-refractivity contribution in [3.05, 3.63) is 59.5 Å². The lowest BCUT2D eigenvalue weighted by Gasteiger charge is -2.13. The van der Waals surface area contributed by atoms with E-state index < -0.39 is 0 Å². The molecule has 3 rings (SSSR count). The Morgan fingerprint density at radius 2 is 2.00 bits per heavy atom. The first kappa shape index (κ1) is 14.4. The van der Waals surface area contributed by atoms with E-state index in [0.717, 1.165) is 18.3 Å². The first-order valence-corrected chi connectivity index (χ1v) is 7.73. The van der Waals surface area contributed by atoms with Crippen molar-refractivity contribution in [2.45, 2.75) is 44.9 Å². The van der Waals surface area contributed by atoms with Crippen molar-refractivity contribution in [2.75, 3.05) is 6.54 Å². The van der Waals surface area contributed by atoms with Crippen LogP contribution in [0.1, 0.15) is 42.6 Å². The highest BCUT2D eigenvalue weighted by atomic mass is 16.5. The zero-order valence-corrected chi connectivity index (χ0v) is 12.5. The van der Waals surface area contributed by atoms with Crippen molar-refractivity contribution >= 4 is 0 Å². The van der Waals surface area contributed by atoms with Gasteiger partial charge in [0.2, 0.25) is 0 Å². The molecule has 1 aromatic carbocycles. The molecule has 1 atom stereocenters. The van der Waals surface area contributed by atoms with Gasteiger partial charge in [-0.2, -0.15) is 0 Å². The molecule has 0 bridgehead atoms. The van der Waals surface area contributed by atoms with E-state index in [9.17, 15) is 0 Å². The van der Waals surface area contributed by atoms with Crippen LogP contribution < -0.4 is 5.32 Å². The van der Waals surface area contributed by atoms with Gasteiger partial charge in [0.25, 0.3) is 0 Å². The van der Waals surface area contributed by atoms with E-state index >= 15 is 0 Å². The molecular formula is C18H23NO2. The maximum Gasteiger partial charge on any atom is 0.129 e. The minimum absolute atomic E-state index is 0.524. The lowest BCUT2D eigenvalue weighted by molar-refractivity contribution is 0.0929. The van der Waals surface area contributed by atoms with Crippen LogP contribution in [0.5, 0.6) is 0 Å². The summed E-state index contributed by atoms with van der Waals surface area (Å²) in [5.41, 5.74) is 2.59. The molecule has 1 unspecified atom stereocenters. The molecule has 0 spiro atoms. The monoisotopic (exact) mass is 285 g/mol. The van der Waals surface area contributed by atoms with Gasteiger partial charge in [-0.25, -0.2) is 0 Å². The molecule has 1 saturated carbocycles. The Labute approximate surface area is 126 Å². The summed E-state index contributed by atoms with van der Waals surface area (Å²) in [6.45, 7) is 4.49. The van der Waals surface area contributed by atoms with Gasteiger partial charge in [-0.15, -0.1) is 0 Å². The third kappa shape index (κ3) is 4.45. The summed E-state index contributed by atoms with van der Waals surface area (Å²) in [5, 5.41) is 3.58. The average Bonchev–Trinajstić information content (AvgIpc) is 3.20. The molecule has 1 fully saturated rings. The van der Waals surface area contributed by atoms with Gasteiger partial charge >= 0.3 is 0 Å². The van der Waals surface area contributed by atoms with Gasteiger partial charge < -0.3 is 14.5 Å². The normalized spacial score (nSPS) is 16.0. The molecule has 21 heavy (non-hydrogen) atoms. The van der Waals surface area contributed by atoms with Crippen molar-refractivity contribution in [3.8, 4) is 0 Å². The summed E-state index contributed by atoms with van der Waals surface area (Å²) in [4.78, 5) is 0. The third-order valence-corrected chi connectivity index (χ3v) is 3.93. The molecular weight excluding hydrogens is 262 g/mol. The van der Waals surface area contributed by atoms with E-state index in [2.05, 4.69) is 36.5 Å². The highest BCUT2D eigenvalue weighted by molar-refractivity contribution is 5.25. The number of nitrogens with one attached hydrogen (secondary N) is 1. The van der Waals surface area contributed by atoms with E-state index in [1.807, 2.05) is 12.1 Å². The van der Waals surface area contributed by atoms with Crippen LogP contribution >= 0.6 is 0 Å². The van der Waals surface area contributed by atoms with E-state index in [-0.39, 0.29) is 0 Å². The minimum Gasteiger partial charge on any atom is -0.467 e. The van der Waals surface area contributed by atoms with E-state index in [1.165, 1.54) is 24.0 Å². The Kier molecular flexibility index (Phi) is 4.73. The zero-order valence-electron chi connectivity index (χ0n) is 12.5. The summed E-state index contributed by atoms with van der Waals surface area (Å²) in [6, 6.07) is 13.3. The van der Waals surface area contributed by atoms with Crippen LogP contribution in [0.3, 0.4) is 0 Å². The highest BCUT2D eigenvalue weighted by Crippen LogP contribution is 2.21. The molecule has 112 valence electrons. The molecule has 0 aliphatic heterocycles. The van der Waals surface area contributed by atoms with E-state index in [0.29, 0.717) is 19.1 Å². The highest BCUT2D eigenvalue weighted by Gasteiger charge is 2.21. The molecule has 0 amide bonds. The number of rotatable bonds is 8. The standard InChI is InChI=1S/C18H23NO2/c1-14(11-19-17-8-9-17)16-6-4-15(5-7-16)12-20-13-18-3-2-10-21-18/h2-7,10,14,17,19H,8-9,11-13H2,1H3. The predicted octanol–water partition coefficient (Wildman–Crippen LogP) is 3.85. The fraction of sp³-hybridized carbons (Fsp3) is 0.444. The second-order valence-electron chi connectivity index (χ2n) is 5.90. The molecule has 1 aliphatic carbocycles. The van der Waals surface area contributed by atoms with Crippen molar-refractivity contribution < 1.29 is 9.15 Å². The quantitative estimate of drug-likeness (QED) is 0.800. The van der Waals surface area contributed by atoms with Gasteiger partial charge in [0.1, 0.15) is 12.4 Å². The average molecular weight is 285 g/mol. The van der Waals surface area contributed by atoms with Crippen LogP contribution in [0.4, 0.5) is 0 Å². The van der Waals surface area contributed by atoms with Crippen LogP contribution in [0.2, 0.25) is 0 Å². The van der Waals surface area contributed by atoms with E-state index in [1.54, 1.807) is 6.26 Å². The maximum atomic E-state index is 5.65. The van der Waals surface area contributed by atoms with Gasteiger partial charge in [-0.05, 0) is 42.0 Å². The minimum atomic E-state index is 0.524. The molecule has 3 nitrogen and oxygen atoms in total. The van der Waals surface area contributed by atoms with Gasteiger partial charge in [-0.3, -0.25) is 0 Å². The molecule has 3 heteroatoms. The molecule has 1 N–H and O–H groups in total. The smallest absolute Gasteiger partial charge is 0.129 e. The molecule has 1 aliphatic rings. The van der Waals surface area contributed by atoms with Gasteiger partial charge in [0.15, 0.2) is 0 Å². The number of benzene rings is 1. The Hall–Kier alpha value is -1.58. The fourth-order valence-corrected chi connectivity index (χ4v) is 2.36. The maximum absolute atomic E-state index is 5.65. The lowest BCUT2D eigenvalue weighted by atomic mass is 10.00. The van der Waals surface area contributed by atoms with Gasteiger partial charge in [-0.1, -0.05) is 31.2 Å². The van der Waals surface area contributed by atoms with Crippen LogP contribution in [0, 0.1) is 0 Å². The van der Waals surface area contributed by atoms with Gasteiger partial charge in [0, 0.05) is 12.6 Å². The van der Waals surface area contributed by atoms with Gasteiger partial charge in [0.05, 0.1) is 12.9 Å². The predicted molar refractivity (Wildman–Crippen MR) is 83.1 cm³/mol. The lowest BCUT2D eigenvalue weighted by Crippen LogP contribution is -2.21. The van der Waals surface area contributed by atoms with Crippen LogP contribution in [-0.2, 0) is 18.0 Å². The Morgan fingerprint density at radius 1 is 1.19 bits per heavy atom. The van der Waals surface area contributed by atoms with Crippen molar-refractivity contribution in [2.24, 2.45) is 0 Å². The Bertz CT molecular complexity index is 529. The first-order valence-electron chi connectivity index (χ1n) is 7.73. The largest absolute Gasteiger partial charge is 0.467 e. The molecule has 2 aromatic rings. The topological polar surface area (TPSA) is 34.4 Å². The SMILES string of the molecule is CC(CNC1CC1)c1ccc(COCc2ccco2)cc1. The fourth-order valence-electron chi connectivity index (χ4n) is 2.36. The van der Waals surface area contributed by atoms with Crippen LogP contribution in [-0.4, -0.2) is 12.6 Å². The second-order valence-corrected chi connectivity index (χ2v) is 5.90. The number of hydrogen-bond acceptors (Lipinski definition) is 3. The van der Waals surface area contributed by atoms with Crippen LogP contribution in [0.15, 0.2) is 47.1 Å². The summed E-state index contributed by atoms with van der Waals surface area (Å²) >= 11 is 0. The van der Waals surface area contributed by atoms with Crippen LogP contribution in [0.25, 0.3) is 0 Å². The second kappa shape index (κ2) is 6.92. The third-order valence-electron chi connectivity index (χ3n) is 3.93. The van der Waals surface area contributed by atoms with Crippen molar-refractivity contribution in [1.82, 2.24) is 5.32 Å². The van der Waals surface area contributed by atoms with Crippen molar-refractivity contribution in [3.63, 3.8) is 0 Å². The molecule has 1 aromatic heterocycles. The number of ether oxygens (including phenoxy) is 1. The first-order chi connectivity index (χ1) is 10.3. The van der Waals surface area contributed by atoms with E-state index in [4.69, 9.17) is 9.15 Å². The Balaban J connectivity index is 1.44. The number of hydrogen-bond donors (Lipinski definition) is 1. The Morgan fingerprint density at radius 3 is 2.67 bits per heavy atom. The van der Waals surface area contributed by atoms with Crippen molar-refractivity contribution in [1.29, 1.82) is 0 Å². The molecule has 0 saturated heterocycles. The molecule has 0 radical (unpaired) electrons. The number of furan rings is 1. The summed E-state index contributed by atoms with van der Waals surface area (Å²) in [5.74, 6) is 1.43. The zero-order chi connectivity index (χ0) is 14.5. The molecule has 1 heterocycles. The summed E-state index contributed by atoms with van der Waals surface area (Å²) in [6.07, 6.45) is 4.36.